The monoisotopic (exact) mass is 371 g/mol. The fourth-order valence-electron chi connectivity index (χ4n) is 2.23. The number of rotatable bonds is 6. The second kappa shape index (κ2) is 7.89. The Morgan fingerprint density at radius 1 is 1.12 bits per heavy atom. The zero-order chi connectivity index (χ0) is 18.5. The van der Waals surface area contributed by atoms with Gasteiger partial charge >= 0.3 is 0 Å². The quantitative estimate of drug-likeness (QED) is 0.604. The van der Waals surface area contributed by atoms with Crippen molar-refractivity contribution >= 4 is 11.8 Å². The highest BCUT2D eigenvalue weighted by molar-refractivity contribution is 7.98. The van der Waals surface area contributed by atoms with Crippen molar-refractivity contribution < 1.29 is 18.3 Å². The summed E-state index contributed by atoms with van der Waals surface area (Å²) in [6.07, 6.45) is 0. The molecule has 0 saturated heterocycles. The molecule has 0 amide bonds. The van der Waals surface area contributed by atoms with Crippen LogP contribution >= 0.6 is 11.8 Å². The SMILES string of the molecule is COc1cc(OC)cc(-c2nnc(SCc3ccc(F)cc3C#N)o2)c1. The van der Waals surface area contributed by atoms with Gasteiger partial charge < -0.3 is 13.9 Å². The number of nitriles is 1. The predicted molar refractivity (Wildman–Crippen MR) is 93.5 cm³/mol. The summed E-state index contributed by atoms with van der Waals surface area (Å²) in [5.74, 6) is 1.51. The van der Waals surface area contributed by atoms with Crippen molar-refractivity contribution in [2.24, 2.45) is 0 Å². The Morgan fingerprint density at radius 2 is 1.85 bits per heavy atom. The molecule has 0 bridgehead atoms. The molecule has 0 aliphatic heterocycles. The Morgan fingerprint density at radius 3 is 2.50 bits per heavy atom. The lowest BCUT2D eigenvalue weighted by atomic mass is 10.1. The Balaban J connectivity index is 1.78. The number of aromatic nitrogens is 2. The number of methoxy groups -OCH3 is 2. The summed E-state index contributed by atoms with van der Waals surface area (Å²) in [5, 5.41) is 17.5. The van der Waals surface area contributed by atoms with Crippen LogP contribution < -0.4 is 9.47 Å². The number of hydrogen-bond donors (Lipinski definition) is 0. The van der Waals surface area contributed by atoms with Crippen LogP contribution in [0.4, 0.5) is 4.39 Å². The molecule has 0 aliphatic carbocycles. The van der Waals surface area contributed by atoms with E-state index >= 15 is 0 Å². The van der Waals surface area contributed by atoms with Crippen LogP contribution in [0.2, 0.25) is 0 Å². The van der Waals surface area contributed by atoms with Crippen molar-refractivity contribution in [3.8, 4) is 29.0 Å². The molecule has 0 aliphatic rings. The molecule has 0 fully saturated rings. The van der Waals surface area contributed by atoms with Crippen LogP contribution in [0.5, 0.6) is 11.5 Å². The molecule has 1 heterocycles. The largest absolute Gasteiger partial charge is 0.497 e. The molecule has 3 rings (SSSR count). The lowest BCUT2D eigenvalue weighted by molar-refractivity contribution is 0.394. The molecule has 0 N–H and O–H groups in total. The van der Waals surface area contributed by atoms with Crippen molar-refractivity contribution in [2.75, 3.05) is 14.2 Å². The van der Waals surface area contributed by atoms with Crippen molar-refractivity contribution in [2.45, 2.75) is 11.0 Å². The molecule has 1 aromatic heterocycles. The van der Waals surface area contributed by atoms with Gasteiger partial charge in [-0.15, -0.1) is 10.2 Å². The summed E-state index contributed by atoms with van der Waals surface area (Å²) in [6.45, 7) is 0. The molecule has 132 valence electrons. The summed E-state index contributed by atoms with van der Waals surface area (Å²) in [4.78, 5) is 0. The third-order valence-corrected chi connectivity index (χ3v) is 4.42. The van der Waals surface area contributed by atoms with E-state index in [4.69, 9.17) is 19.2 Å². The molecule has 0 spiro atoms. The minimum atomic E-state index is -0.442. The maximum absolute atomic E-state index is 13.2. The van der Waals surface area contributed by atoms with E-state index in [1.165, 1.54) is 23.9 Å². The van der Waals surface area contributed by atoms with Gasteiger partial charge in [-0.1, -0.05) is 17.8 Å². The van der Waals surface area contributed by atoms with E-state index < -0.39 is 5.82 Å². The fraction of sp³-hybridized carbons (Fsp3) is 0.167. The van der Waals surface area contributed by atoms with Gasteiger partial charge in [0.15, 0.2) is 0 Å². The van der Waals surface area contributed by atoms with Crippen molar-refractivity contribution in [3.63, 3.8) is 0 Å². The molecule has 0 saturated carbocycles. The fourth-order valence-corrected chi connectivity index (χ4v) is 3.00. The Kier molecular flexibility index (Phi) is 5.39. The van der Waals surface area contributed by atoms with Crippen LogP contribution in [0.1, 0.15) is 11.1 Å². The number of thioether (sulfide) groups is 1. The van der Waals surface area contributed by atoms with Crippen LogP contribution in [0.3, 0.4) is 0 Å². The van der Waals surface area contributed by atoms with Gasteiger partial charge in [-0.3, -0.25) is 0 Å². The number of hydrogen-bond acceptors (Lipinski definition) is 7. The van der Waals surface area contributed by atoms with Gasteiger partial charge in [-0.25, -0.2) is 4.39 Å². The molecular weight excluding hydrogens is 357 g/mol. The van der Waals surface area contributed by atoms with Crippen molar-refractivity contribution in [3.05, 3.63) is 53.3 Å². The number of benzene rings is 2. The molecule has 6 nitrogen and oxygen atoms in total. The molecule has 0 atom stereocenters. The topological polar surface area (TPSA) is 81.2 Å². The van der Waals surface area contributed by atoms with E-state index in [1.54, 1.807) is 38.5 Å². The van der Waals surface area contributed by atoms with Gasteiger partial charge in [0.1, 0.15) is 17.3 Å². The Labute approximate surface area is 153 Å². The van der Waals surface area contributed by atoms with E-state index in [2.05, 4.69) is 10.2 Å². The van der Waals surface area contributed by atoms with Gasteiger partial charge in [0, 0.05) is 17.4 Å². The van der Waals surface area contributed by atoms with Crippen LogP contribution in [-0.4, -0.2) is 24.4 Å². The summed E-state index contributed by atoms with van der Waals surface area (Å²) in [5.41, 5.74) is 1.65. The first kappa shape index (κ1) is 17.8. The second-order valence-electron chi connectivity index (χ2n) is 5.18. The van der Waals surface area contributed by atoms with Crippen LogP contribution in [0.25, 0.3) is 11.5 Å². The van der Waals surface area contributed by atoms with E-state index in [0.29, 0.717) is 39.5 Å². The van der Waals surface area contributed by atoms with Gasteiger partial charge in [-0.2, -0.15) is 5.26 Å². The molecular formula is C18H14FN3O3S. The predicted octanol–water partition coefficient (Wildman–Crippen LogP) is 4.06. The number of ether oxygens (including phenoxy) is 2. The maximum Gasteiger partial charge on any atom is 0.277 e. The first-order chi connectivity index (χ1) is 12.6. The zero-order valence-corrected chi connectivity index (χ0v) is 14.8. The highest BCUT2D eigenvalue weighted by atomic mass is 32.2. The molecule has 0 radical (unpaired) electrons. The Bertz CT molecular complexity index is 946. The third-order valence-electron chi connectivity index (χ3n) is 3.55. The molecule has 0 unspecified atom stereocenters. The molecule has 26 heavy (non-hydrogen) atoms. The second-order valence-corrected chi connectivity index (χ2v) is 6.10. The average molecular weight is 371 g/mol. The van der Waals surface area contributed by atoms with Gasteiger partial charge in [-0.05, 0) is 29.8 Å². The van der Waals surface area contributed by atoms with Crippen LogP contribution in [-0.2, 0) is 5.75 Å². The van der Waals surface area contributed by atoms with Crippen molar-refractivity contribution in [1.29, 1.82) is 5.26 Å². The number of nitrogens with zero attached hydrogens (tertiary/aromatic N) is 3. The van der Waals surface area contributed by atoms with Gasteiger partial charge in [0.2, 0.25) is 5.89 Å². The highest BCUT2D eigenvalue weighted by Gasteiger charge is 2.13. The molecule has 8 heteroatoms. The lowest BCUT2D eigenvalue weighted by Crippen LogP contribution is -1.89. The lowest BCUT2D eigenvalue weighted by Gasteiger charge is -2.05. The van der Waals surface area contributed by atoms with Gasteiger partial charge in [0.25, 0.3) is 5.22 Å². The van der Waals surface area contributed by atoms with E-state index in [0.717, 1.165) is 0 Å². The minimum absolute atomic E-state index is 0.287. The van der Waals surface area contributed by atoms with Gasteiger partial charge in [0.05, 0.1) is 25.9 Å². The first-order valence-electron chi connectivity index (χ1n) is 7.51. The highest BCUT2D eigenvalue weighted by Crippen LogP contribution is 2.31. The van der Waals surface area contributed by atoms with Crippen LogP contribution in [0, 0.1) is 17.1 Å². The van der Waals surface area contributed by atoms with E-state index in [-0.39, 0.29) is 5.56 Å². The maximum atomic E-state index is 13.2. The number of halogens is 1. The summed E-state index contributed by atoms with van der Waals surface area (Å²) < 4.78 is 29.3. The third kappa shape index (κ3) is 3.95. The summed E-state index contributed by atoms with van der Waals surface area (Å²) >= 11 is 1.27. The summed E-state index contributed by atoms with van der Waals surface area (Å²) in [7, 11) is 3.12. The minimum Gasteiger partial charge on any atom is -0.497 e. The first-order valence-corrected chi connectivity index (χ1v) is 8.49. The summed E-state index contributed by atoms with van der Waals surface area (Å²) in [6, 6.07) is 11.3. The normalized spacial score (nSPS) is 10.4. The van der Waals surface area contributed by atoms with E-state index in [1.807, 2.05) is 6.07 Å². The van der Waals surface area contributed by atoms with Crippen LogP contribution in [0.15, 0.2) is 46.0 Å². The van der Waals surface area contributed by atoms with E-state index in [9.17, 15) is 4.39 Å². The van der Waals surface area contributed by atoms with Crippen molar-refractivity contribution in [1.82, 2.24) is 10.2 Å². The smallest absolute Gasteiger partial charge is 0.277 e. The zero-order valence-electron chi connectivity index (χ0n) is 14.0. The standard InChI is InChI=1S/C18H14FN3O3S/c1-23-15-6-12(7-16(8-15)24-2)17-21-22-18(25-17)26-10-11-3-4-14(19)5-13(11)9-20/h3-8H,10H2,1-2H3. The Hall–Kier alpha value is -3.05. The molecule has 3 aromatic rings. The molecule has 2 aromatic carbocycles. The average Bonchev–Trinajstić information content (AvgIpc) is 3.15.